The van der Waals surface area contributed by atoms with Crippen molar-refractivity contribution in [2.24, 2.45) is 5.92 Å². The number of anilines is 1. The van der Waals surface area contributed by atoms with Gasteiger partial charge in [-0.1, -0.05) is 12.1 Å². The van der Waals surface area contributed by atoms with Crippen LogP contribution in [0.25, 0.3) is 22.2 Å². The second-order valence-corrected chi connectivity index (χ2v) is 10.3. The van der Waals surface area contributed by atoms with E-state index in [1.165, 1.54) is 59.8 Å². The largest absolute Gasteiger partial charge is 0.494 e. The quantitative estimate of drug-likeness (QED) is 0.377. The molecular formula is C29H34N2O3. The first-order valence-electron chi connectivity index (χ1n) is 13.0. The lowest BCUT2D eigenvalue weighted by atomic mass is 9.92. The minimum atomic E-state index is -0.363. The Morgan fingerprint density at radius 3 is 2.44 bits per heavy atom. The van der Waals surface area contributed by atoms with Crippen LogP contribution in [0.15, 0.2) is 42.5 Å². The van der Waals surface area contributed by atoms with Gasteiger partial charge in [0, 0.05) is 23.2 Å². The van der Waals surface area contributed by atoms with Gasteiger partial charge < -0.3 is 14.0 Å². The molecule has 3 aliphatic rings. The minimum absolute atomic E-state index is 0.0138. The molecule has 0 spiro atoms. The summed E-state index contributed by atoms with van der Waals surface area (Å²) in [7, 11) is 0. The van der Waals surface area contributed by atoms with Gasteiger partial charge >= 0.3 is 6.09 Å². The van der Waals surface area contributed by atoms with Gasteiger partial charge in [-0.05, 0) is 106 Å². The third-order valence-electron chi connectivity index (χ3n) is 7.73. The predicted octanol–water partition coefficient (Wildman–Crippen LogP) is 7.66. The third kappa shape index (κ3) is 4.06. The normalized spacial score (nSPS) is 19.0. The number of aromatic nitrogens is 1. The maximum Gasteiger partial charge on any atom is 0.411 e. The van der Waals surface area contributed by atoms with Crippen molar-refractivity contribution in [3.63, 3.8) is 0 Å². The zero-order valence-electron chi connectivity index (χ0n) is 20.2. The fourth-order valence-electron chi connectivity index (χ4n) is 5.37. The van der Waals surface area contributed by atoms with E-state index >= 15 is 0 Å². The van der Waals surface area contributed by atoms with Crippen molar-refractivity contribution in [1.82, 2.24) is 4.57 Å². The van der Waals surface area contributed by atoms with Gasteiger partial charge in [-0.15, -0.1) is 0 Å². The highest BCUT2D eigenvalue weighted by atomic mass is 16.6. The lowest BCUT2D eigenvalue weighted by Crippen LogP contribution is -2.21. The molecule has 3 fully saturated rings. The van der Waals surface area contributed by atoms with Gasteiger partial charge in [-0.2, -0.15) is 0 Å². The molecule has 1 unspecified atom stereocenters. The van der Waals surface area contributed by atoms with E-state index in [1.54, 1.807) is 0 Å². The Hall–Kier alpha value is -2.95. The van der Waals surface area contributed by atoms with E-state index in [2.05, 4.69) is 40.2 Å². The monoisotopic (exact) mass is 458 g/mol. The fourth-order valence-corrected chi connectivity index (χ4v) is 5.37. The molecule has 5 heteroatoms. The summed E-state index contributed by atoms with van der Waals surface area (Å²) in [6.07, 6.45) is 8.20. The van der Waals surface area contributed by atoms with Crippen molar-refractivity contribution in [2.45, 2.75) is 76.9 Å². The number of amides is 1. The second kappa shape index (κ2) is 8.68. The second-order valence-electron chi connectivity index (χ2n) is 10.3. The molecule has 0 radical (unpaired) electrons. The van der Waals surface area contributed by atoms with Crippen molar-refractivity contribution in [1.29, 1.82) is 0 Å². The first-order chi connectivity index (χ1) is 16.6. The number of hydrogen-bond acceptors (Lipinski definition) is 3. The van der Waals surface area contributed by atoms with Gasteiger partial charge in [0.1, 0.15) is 11.9 Å². The fraction of sp³-hybridized carbons (Fsp3) is 0.483. The van der Waals surface area contributed by atoms with Crippen molar-refractivity contribution in [3.8, 4) is 17.0 Å². The predicted molar refractivity (Wildman–Crippen MR) is 136 cm³/mol. The Labute approximate surface area is 201 Å². The maximum atomic E-state index is 12.3. The van der Waals surface area contributed by atoms with Gasteiger partial charge in [0.15, 0.2) is 0 Å². The molecule has 2 aromatic carbocycles. The molecule has 34 heavy (non-hydrogen) atoms. The molecule has 0 bridgehead atoms. The number of hydrogen-bond donors (Lipinski definition) is 1. The summed E-state index contributed by atoms with van der Waals surface area (Å²) < 4.78 is 14.0. The van der Waals surface area contributed by atoms with Gasteiger partial charge in [-0.25, -0.2) is 4.79 Å². The molecule has 0 aliphatic heterocycles. The van der Waals surface area contributed by atoms with E-state index in [0.717, 1.165) is 24.3 Å². The van der Waals surface area contributed by atoms with E-state index in [0.29, 0.717) is 24.5 Å². The molecule has 3 saturated carbocycles. The number of rotatable bonds is 8. The van der Waals surface area contributed by atoms with Gasteiger partial charge in [-0.3, -0.25) is 5.32 Å². The average Bonchev–Trinajstić information content (AvgIpc) is 3.71. The Morgan fingerprint density at radius 1 is 1.06 bits per heavy atom. The highest BCUT2D eigenvalue weighted by Crippen LogP contribution is 2.52. The van der Waals surface area contributed by atoms with Crippen LogP contribution >= 0.6 is 0 Å². The van der Waals surface area contributed by atoms with Crippen molar-refractivity contribution in [2.75, 3.05) is 11.9 Å². The number of benzene rings is 2. The zero-order chi connectivity index (χ0) is 23.2. The highest BCUT2D eigenvalue weighted by molar-refractivity contribution is 5.94. The molecule has 3 aliphatic carbocycles. The Kier molecular flexibility index (Phi) is 5.51. The molecular weight excluding hydrogens is 424 g/mol. The molecule has 1 heterocycles. The molecule has 0 saturated heterocycles. The van der Waals surface area contributed by atoms with Crippen LogP contribution in [0, 0.1) is 5.92 Å². The van der Waals surface area contributed by atoms with Crippen LogP contribution in [-0.4, -0.2) is 23.4 Å². The summed E-state index contributed by atoms with van der Waals surface area (Å²) in [6, 6.07) is 15.5. The topological polar surface area (TPSA) is 52.5 Å². The summed E-state index contributed by atoms with van der Waals surface area (Å²) >= 11 is 0. The summed E-state index contributed by atoms with van der Waals surface area (Å²) in [5.41, 5.74) is 6.13. The van der Waals surface area contributed by atoms with Crippen LogP contribution in [0.2, 0.25) is 0 Å². The molecule has 5 nitrogen and oxygen atoms in total. The molecule has 1 atom stereocenters. The van der Waals surface area contributed by atoms with Crippen LogP contribution in [0.1, 0.15) is 76.3 Å². The third-order valence-corrected chi connectivity index (χ3v) is 7.73. The molecule has 1 aromatic heterocycles. The number of ether oxygens (including phenoxy) is 2. The van der Waals surface area contributed by atoms with E-state index in [9.17, 15) is 4.79 Å². The highest BCUT2D eigenvalue weighted by Gasteiger charge is 2.35. The number of nitrogens with one attached hydrogen (secondary N) is 1. The van der Waals surface area contributed by atoms with Crippen LogP contribution in [0.5, 0.6) is 5.75 Å². The van der Waals surface area contributed by atoms with Crippen molar-refractivity contribution >= 4 is 22.7 Å². The van der Waals surface area contributed by atoms with Gasteiger partial charge in [0.25, 0.3) is 0 Å². The van der Waals surface area contributed by atoms with Crippen molar-refractivity contribution < 1.29 is 14.3 Å². The number of carbonyl (C=O) groups is 1. The summed E-state index contributed by atoms with van der Waals surface area (Å²) in [5, 5.41) is 4.28. The van der Waals surface area contributed by atoms with Crippen LogP contribution in [0.3, 0.4) is 0 Å². The summed E-state index contributed by atoms with van der Waals surface area (Å²) in [4.78, 5) is 12.3. The first kappa shape index (κ1) is 21.6. The maximum absolute atomic E-state index is 12.3. The molecule has 1 N–H and O–H groups in total. The molecule has 3 aromatic rings. The Morgan fingerprint density at radius 2 is 1.82 bits per heavy atom. The summed E-state index contributed by atoms with van der Waals surface area (Å²) in [6.45, 7) is 4.69. The Bertz CT molecular complexity index is 1200. The molecule has 178 valence electrons. The minimum Gasteiger partial charge on any atom is -0.494 e. The Balaban J connectivity index is 1.35. The van der Waals surface area contributed by atoms with E-state index in [4.69, 9.17) is 9.47 Å². The smallest absolute Gasteiger partial charge is 0.411 e. The van der Waals surface area contributed by atoms with E-state index in [-0.39, 0.29) is 12.2 Å². The van der Waals surface area contributed by atoms with E-state index < -0.39 is 0 Å². The van der Waals surface area contributed by atoms with Crippen LogP contribution in [-0.2, 0) is 4.74 Å². The summed E-state index contributed by atoms with van der Waals surface area (Å²) in [5.74, 6) is 2.11. The van der Waals surface area contributed by atoms with Crippen LogP contribution < -0.4 is 10.1 Å². The van der Waals surface area contributed by atoms with Gasteiger partial charge in [0.05, 0.1) is 17.8 Å². The standard InChI is InChI=1S/C29H34N2O3/c1-3-33-24-15-16-25-26(17-24)31(23-5-4-6-23)28(27(25)20-9-10-20)21-11-13-22(14-12-21)30-29(32)34-18(2)19-7-8-19/h11-20,23H,3-10H2,1-2H3,(H,30,32). The van der Waals surface area contributed by atoms with Crippen molar-refractivity contribution in [3.05, 3.63) is 48.0 Å². The number of fused-ring (bicyclic) bond motifs is 1. The lowest BCUT2D eigenvalue weighted by molar-refractivity contribution is 0.108. The zero-order valence-corrected chi connectivity index (χ0v) is 20.2. The van der Waals surface area contributed by atoms with Gasteiger partial charge in [0.2, 0.25) is 0 Å². The number of carbonyl (C=O) groups excluding carboxylic acids is 1. The average molecular weight is 459 g/mol. The van der Waals surface area contributed by atoms with E-state index in [1.807, 2.05) is 26.0 Å². The first-order valence-corrected chi connectivity index (χ1v) is 13.0. The SMILES string of the molecule is CCOc1ccc2c(C3CC3)c(-c3ccc(NC(=O)OC(C)C4CC4)cc3)n(C3CCC3)c2c1. The van der Waals surface area contributed by atoms with Crippen LogP contribution in [0.4, 0.5) is 10.5 Å². The lowest BCUT2D eigenvalue weighted by Gasteiger charge is -2.30. The molecule has 1 amide bonds. The number of nitrogens with zero attached hydrogens (tertiary/aromatic N) is 1. The molecule has 6 rings (SSSR count).